The van der Waals surface area contributed by atoms with Crippen LogP contribution in [0.1, 0.15) is 27.7 Å². The van der Waals surface area contributed by atoms with Gasteiger partial charge in [0.25, 0.3) is 0 Å². The van der Waals surface area contributed by atoms with E-state index in [1.54, 1.807) is 0 Å². The molecule has 72 valence electrons. The second-order valence-electron chi connectivity index (χ2n) is 2.61. The molecule has 0 atom stereocenters. The molecular formula is C8H21BrClN. The van der Waals surface area contributed by atoms with Crippen LogP contribution >= 0.6 is 12.4 Å². The Bertz CT molecular complexity index is 57.0. The first-order chi connectivity index (χ1) is 4.24. The summed E-state index contributed by atoms with van der Waals surface area (Å²) in [4.78, 5) is 0. The Kier molecular flexibility index (Phi) is 14.2. The van der Waals surface area contributed by atoms with E-state index in [4.69, 9.17) is 0 Å². The van der Waals surface area contributed by atoms with Crippen molar-refractivity contribution in [2.75, 3.05) is 26.2 Å². The van der Waals surface area contributed by atoms with E-state index in [0.717, 1.165) is 0 Å². The van der Waals surface area contributed by atoms with Crippen LogP contribution in [-0.4, -0.2) is 30.7 Å². The molecule has 0 spiro atoms. The highest BCUT2D eigenvalue weighted by Crippen LogP contribution is 2.03. The van der Waals surface area contributed by atoms with E-state index in [9.17, 15) is 0 Å². The Labute approximate surface area is 87.9 Å². The molecule has 0 aliphatic carbocycles. The molecule has 11 heavy (non-hydrogen) atoms. The molecule has 0 saturated carbocycles. The average molecular weight is 247 g/mol. The first-order valence-electron chi connectivity index (χ1n) is 4.09. The molecule has 0 amide bonds. The molecule has 0 aromatic heterocycles. The Morgan fingerprint density at radius 1 is 0.727 bits per heavy atom. The minimum atomic E-state index is 0. The fraction of sp³-hybridized carbons (Fsp3) is 1.00. The Balaban J connectivity index is -0.000000320. The molecule has 0 unspecified atom stereocenters. The molecule has 3 heteroatoms. The topological polar surface area (TPSA) is 0 Å². The van der Waals surface area contributed by atoms with E-state index >= 15 is 0 Å². The number of halogens is 2. The van der Waals surface area contributed by atoms with Gasteiger partial charge in [0.05, 0.1) is 26.2 Å². The highest BCUT2D eigenvalue weighted by atomic mass is 79.9. The number of hydrogen-bond donors (Lipinski definition) is 0. The Morgan fingerprint density at radius 2 is 0.909 bits per heavy atom. The first kappa shape index (κ1) is 17.7. The van der Waals surface area contributed by atoms with Crippen LogP contribution < -0.4 is 17.0 Å². The summed E-state index contributed by atoms with van der Waals surface area (Å²) in [6.07, 6.45) is 0. The van der Waals surface area contributed by atoms with E-state index in [1.165, 1.54) is 30.7 Å². The van der Waals surface area contributed by atoms with Crippen molar-refractivity contribution in [2.24, 2.45) is 0 Å². The van der Waals surface area contributed by atoms with Gasteiger partial charge in [-0.2, -0.15) is 0 Å². The van der Waals surface area contributed by atoms with Gasteiger partial charge < -0.3 is 21.5 Å². The normalized spacial score (nSPS) is 9.82. The van der Waals surface area contributed by atoms with Gasteiger partial charge in [-0.3, -0.25) is 0 Å². The lowest BCUT2D eigenvalue weighted by molar-refractivity contribution is -0.921. The third kappa shape index (κ3) is 5.05. The van der Waals surface area contributed by atoms with Crippen LogP contribution in [0, 0.1) is 0 Å². The van der Waals surface area contributed by atoms with Crippen LogP contribution in [0.2, 0.25) is 0 Å². The fourth-order valence-corrected chi connectivity index (χ4v) is 1.34. The molecule has 0 heterocycles. The van der Waals surface area contributed by atoms with Crippen molar-refractivity contribution in [3.63, 3.8) is 0 Å². The molecular weight excluding hydrogens is 225 g/mol. The molecule has 0 fully saturated rings. The van der Waals surface area contributed by atoms with Gasteiger partial charge in [0.2, 0.25) is 0 Å². The Morgan fingerprint density at radius 3 is 0.909 bits per heavy atom. The number of quaternary nitrogens is 1. The van der Waals surface area contributed by atoms with Gasteiger partial charge in [-0.05, 0) is 27.7 Å². The number of hydrogen-bond acceptors (Lipinski definition) is 0. The highest BCUT2D eigenvalue weighted by molar-refractivity contribution is 5.85. The fourth-order valence-electron chi connectivity index (χ4n) is 1.34. The molecule has 0 rings (SSSR count). The summed E-state index contributed by atoms with van der Waals surface area (Å²) in [5, 5.41) is 0. The van der Waals surface area contributed by atoms with E-state index in [1.807, 2.05) is 0 Å². The molecule has 0 aliphatic rings. The maximum atomic E-state index is 2.27. The molecule has 0 radical (unpaired) electrons. The molecule has 0 aromatic rings. The zero-order valence-corrected chi connectivity index (χ0v) is 10.5. The lowest BCUT2D eigenvalue weighted by atomic mass is 10.3. The van der Waals surface area contributed by atoms with Gasteiger partial charge in [0, 0.05) is 0 Å². The van der Waals surface area contributed by atoms with Crippen LogP contribution in [0.3, 0.4) is 0 Å². The monoisotopic (exact) mass is 245 g/mol. The smallest absolute Gasteiger partial charge is 0.0757 e. The summed E-state index contributed by atoms with van der Waals surface area (Å²) in [5.74, 6) is 0. The van der Waals surface area contributed by atoms with Crippen LogP contribution in [0.4, 0.5) is 0 Å². The lowest BCUT2D eigenvalue weighted by Gasteiger charge is -2.34. The largest absolute Gasteiger partial charge is 1.00 e. The SMILES string of the molecule is CC[N+](CC)(CC)CC.Cl.[Br-]. The van der Waals surface area contributed by atoms with Crippen molar-refractivity contribution in [3.05, 3.63) is 0 Å². The number of rotatable bonds is 4. The van der Waals surface area contributed by atoms with Gasteiger partial charge in [-0.15, -0.1) is 12.4 Å². The summed E-state index contributed by atoms with van der Waals surface area (Å²) in [6, 6.07) is 0. The Hall–Kier alpha value is 0.730. The van der Waals surface area contributed by atoms with Gasteiger partial charge in [-0.25, -0.2) is 0 Å². The lowest BCUT2D eigenvalue weighted by Crippen LogP contribution is -3.00. The van der Waals surface area contributed by atoms with Crippen LogP contribution in [0.5, 0.6) is 0 Å². The standard InChI is InChI=1S/C8H20N.BrH.ClH/c1-5-9(6-2,7-3)8-4;;/h5-8H2,1-4H3;2*1H/q+1;;/p-1. The van der Waals surface area contributed by atoms with Crippen LogP contribution in [0.15, 0.2) is 0 Å². The van der Waals surface area contributed by atoms with Crippen molar-refractivity contribution < 1.29 is 21.5 Å². The molecule has 0 saturated heterocycles. The third-order valence-corrected chi connectivity index (χ3v) is 2.68. The minimum Gasteiger partial charge on any atom is -1.00 e. The van der Waals surface area contributed by atoms with E-state index in [-0.39, 0.29) is 29.4 Å². The maximum absolute atomic E-state index is 2.27. The van der Waals surface area contributed by atoms with Crippen molar-refractivity contribution in [1.29, 1.82) is 0 Å². The van der Waals surface area contributed by atoms with Crippen molar-refractivity contribution in [2.45, 2.75) is 27.7 Å². The maximum Gasteiger partial charge on any atom is 0.0757 e. The summed E-state index contributed by atoms with van der Waals surface area (Å²) >= 11 is 0. The van der Waals surface area contributed by atoms with E-state index < -0.39 is 0 Å². The molecule has 0 N–H and O–H groups in total. The van der Waals surface area contributed by atoms with E-state index in [2.05, 4.69) is 27.7 Å². The van der Waals surface area contributed by atoms with Gasteiger partial charge in [0.1, 0.15) is 0 Å². The van der Waals surface area contributed by atoms with Crippen molar-refractivity contribution in [3.8, 4) is 0 Å². The minimum absolute atomic E-state index is 0. The van der Waals surface area contributed by atoms with E-state index in [0.29, 0.717) is 0 Å². The molecule has 0 aromatic carbocycles. The average Bonchev–Trinajstić information content (AvgIpc) is 1.95. The molecule has 1 nitrogen and oxygen atoms in total. The second kappa shape index (κ2) is 8.82. The predicted octanol–water partition coefficient (Wildman–Crippen LogP) is -0.691. The predicted molar refractivity (Wildman–Crippen MR) is 49.7 cm³/mol. The van der Waals surface area contributed by atoms with Crippen LogP contribution in [0.25, 0.3) is 0 Å². The van der Waals surface area contributed by atoms with Gasteiger partial charge in [0.15, 0.2) is 0 Å². The quantitative estimate of drug-likeness (QED) is 0.576. The zero-order chi connectivity index (χ0) is 7.33. The molecule has 0 aliphatic heterocycles. The zero-order valence-electron chi connectivity index (χ0n) is 8.06. The third-order valence-electron chi connectivity index (χ3n) is 2.68. The second-order valence-corrected chi connectivity index (χ2v) is 2.61. The number of nitrogens with zero attached hydrogens (tertiary/aromatic N) is 1. The van der Waals surface area contributed by atoms with Crippen LogP contribution in [-0.2, 0) is 0 Å². The van der Waals surface area contributed by atoms with Crippen molar-refractivity contribution >= 4 is 12.4 Å². The summed E-state index contributed by atoms with van der Waals surface area (Å²) in [7, 11) is 0. The summed E-state index contributed by atoms with van der Waals surface area (Å²) in [5.41, 5.74) is 0. The highest BCUT2D eigenvalue weighted by Gasteiger charge is 2.16. The first-order valence-corrected chi connectivity index (χ1v) is 4.09. The van der Waals surface area contributed by atoms with Gasteiger partial charge in [-0.1, -0.05) is 0 Å². The summed E-state index contributed by atoms with van der Waals surface area (Å²) in [6.45, 7) is 14.2. The van der Waals surface area contributed by atoms with Crippen molar-refractivity contribution in [1.82, 2.24) is 0 Å². The van der Waals surface area contributed by atoms with Gasteiger partial charge >= 0.3 is 0 Å². The molecule has 0 bridgehead atoms. The summed E-state index contributed by atoms with van der Waals surface area (Å²) < 4.78 is 1.28.